The molecule has 2 nitrogen and oxygen atoms in total. The summed E-state index contributed by atoms with van der Waals surface area (Å²) in [4.78, 5) is 0. The maximum atomic E-state index is 6.16. The van der Waals surface area contributed by atoms with Crippen LogP contribution in [0, 0.1) is 5.41 Å². The van der Waals surface area contributed by atoms with Crippen molar-refractivity contribution in [2.45, 2.75) is 71.6 Å². The summed E-state index contributed by atoms with van der Waals surface area (Å²) in [5.41, 5.74) is 0.399. The number of ether oxygens (including phenoxy) is 1. The van der Waals surface area contributed by atoms with Gasteiger partial charge in [-0.2, -0.15) is 0 Å². The Bertz CT molecular complexity index is 203. The molecule has 0 radical (unpaired) electrons. The van der Waals surface area contributed by atoms with Crippen LogP contribution in [-0.2, 0) is 4.74 Å². The summed E-state index contributed by atoms with van der Waals surface area (Å²) in [5.74, 6) is 0. The molecule has 1 aliphatic carbocycles. The van der Waals surface area contributed by atoms with Crippen LogP contribution in [0.1, 0.15) is 53.9 Å². The molecule has 0 heterocycles. The SMILES string of the molecule is CNC1CCC(C)(C)CC1OC(C)(C)C. The van der Waals surface area contributed by atoms with Crippen molar-refractivity contribution in [3.63, 3.8) is 0 Å². The zero-order valence-electron chi connectivity index (χ0n) is 11.2. The van der Waals surface area contributed by atoms with E-state index in [-0.39, 0.29) is 5.60 Å². The Morgan fingerprint density at radius 3 is 2.33 bits per heavy atom. The molecule has 0 aliphatic heterocycles. The molecule has 0 spiro atoms. The van der Waals surface area contributed by atoms with Crippen molar-refractivity contribution < 1.29 is 4.74 Å². The van der Waals surface area contributed by atoms with Crippen LogP contribution in [0.3, 0.4) is 0 Å². The fourth-order valence-corrected chi connectivity index (χ4v) is 2.43. The van der Waals surface area contributed by atoms with Crippen molar-refractivity contribution in [1.82, 2.24) is 5.32 Å². The van der Waals surface area contributed by atoms with Gasteiger partial charge in [-0.3, -0.25) is 0 Å². The number of hydrogen-bond donors (Lipinski definition) is 1. The molecule has 1 saturated carbocycles. The van der Waals surface area contributed by atoms with Gasteiger partial charge in [0.2, 0.25) is 0 Å². The van der Waals surface area contributed by atoms with Crippen LogP contribution in [-0.4, -0.2) is 24.8 Å². The van der Waals surface area contributed by atoms with Crippen LogP contribution in [0.5, 0.6) is 0 Å². The lowest BCUT2D eigenvalue weighted by molar-refractivity contribution is -0.104. The first-order valence-corrected chi connectivity index (χ1v) is 6.09. The van der Waals surface area contributed by atoms with Crippen molar-refractivity contribution in [2.75, 3.05) is 7.05 Å². The summed E-state index contributed by atoms with van der Waals surface area (Å²) in [6.07, 6.45) is 4.04. The summed E-state index contributed by atoms with van der Waals surface area (Å²) < 4.78 is 6.16. The lowest BCUT2D eigenvalue weighted by Gasteiger charge is -2.43. The standard InChI is InChI=1S/C13H27NO/c1-12(2,3)15-11-9-13(4,5)8-7-10(11)14-6/h10-11,14H,7-9H2,1-6H3. The molecule has 2 atom stereocenters. The number of rotatable bonds is 2. The minimum absolute atomic E-state index is 0.0345. The quantitative estimate of drug-likeness (QED) is 0.761. The summed E-state index contributed by atoms with van der Waals surface area (Å²) in [5, 5.41) is 3.39. The van der Waals surface area contributed by atoms with E-state index >= 15 is 0 Å². The third kappa shape index (κ3) is 4.12. The van der Waals surface area contributed by atoms with Crippen molar-refractivity contribution >= 4 is 0 Å². The monoisotopic (exact) mass is 213 g/mol. The van der Waals surface area contributed by atoms with Crippen LogP contribution < -0.4 is 5.32 Å². The van der Waals surface area contributed by atoms with Crippen LogP contribution in [0.25, 0.3) is 0 Å². The first-order chi connectivity index (χ1) is 6.73. The number of nitrogens with one attached hydrogen (secondary N) is 1. The number of likely N-dealkylation sites (N-methyl/N-ethyl adjacent to an activating group) is 1. The molecule has 90 valence electrons. The fraction of sp³-hybridized carbons (Fsp3) is 1.00. The molecule has 0 amide bonds. The third-order valence-corrected chi connectivity index (χ3v) is 3.21. The van der Waals surface area contributed by atoms with E-state index < -0.39 is 0 Å². The van der Waals surface area contributed by atoms with Crippen LogP contribution in [0.15, 0.2) is 0 Å². The zero-order valence-corrected chi connectivity index (χ0v) is 11.2. The lowest BCUT2D eigenvalue weighted by atomic mass is 9.74. The van der Waals surface area contributed by atoms with Gasteiger partial charge in [-0.15, -0.1) is 0 Å². The van der Waals surface area contributed by atoms with Crippen molar-refractivity contribution in [3.05, 3.63) is 0 Å². The zero-order chi connectivity index (χ0) is 11.7. The van der Waals surface area contributed by atoms with Crippen LogP contribution in [0.2, 0.25) is 0 Å². The largest absolute Gasteiger partial charge is 0.371 e. The summed E-state index contributed by atoms with van der Waals surface area (Å²) in [7, 11) is 2.04. The minimum atomic E-state index is -0.0345. The van der Waals surface area contributed by atoms with Gasteiger partial charge in [0.1, 0.15) is 0 Å². The average Bonchev–Trinajstić information content (AvgIpc) is 1.99. The molecule has 0 aromatic heterocycles. The van der Waals surface area contributed by atoms with E-state index in [0.717, 1.165) is 6.42 Å². The maximum Gasteiger partial charge on any atom is 0.0740 e. The van der Waals surface area contributed by atoms with Gasteiger partial charge >= 0.3 is 0 Å². The molecule has 1 N–H and O–H groups in total. The highest BCUT2D eigenvalue weighted by atomic mass is 16.5. The Morgan fingerprint density at radius 2 is 1.87 bits per heavy atom. The predicted octanol–water partition coefficient (Wildman–Crippen LogP) is 2.97. The first-order valence-electron chi connectivity index (χ1n) is 6.09. The Hall–Kier alpha value is -0.0800. The highest BCUT2D eigenvalue weighted by Crippen LogP contribution is 2.37. The fourth-order valence-electron chi connectivity index (χ4n) is 2.43. The summed E-state index contributed by atoms with van der Waals surface area (Å²) in [6, 6.07) is 0.525. The van der Waals surface area contributed by atoms with E-state index in [9.17, 15) is 0 Å². The van der Waals surface area contributed by atoms with E-state index in [1.54, 1.807) is 0 Å². The molecule has 1 rings (SSSR count). The van der Waals surface area contributed by atoms with Crippen LogP contribution >= 0.6 is 0 Å². The lowest BCUT2D eigenvalue weighted by Crippen LogP contribution is -2.48. The minimum Gasteiger partial charge on any atom is -0.371 e. The van der Waals surface area contributed by atoms with Crippen molar-refractivity contribution in [3.8, 4) is 0 Å². The van der Waals surface area contributed by atoms with Gasteiger partial charge in [-0.25, -0.2) is 0 Å². The van der Waals surface area contributed by atoms with Crippen molar-refractivity contribution in [2.24, 2.45) is 5.41 Å². The molecule has 15 heavy (non-hydrogen) atoms. The van der Waals surface area contributed by atoms with Gasteiger partial charge in [0.25, 0.3) is 0 Å². The Morgan fingerprint density at radius 1 is 1.27 bits per heavy atom. The smallest absolute Gasteiger partial charge is 0.0740 e. The third-order valence-electron chi connectivity index (χ3n) is 3.21. The normalized spacial score (nSPS) is 31.6. The van der Waals surface area contributed by atoms with Gasteiger partial charge in [0.15, 0.2) is 0 Å². The number of hydrogen-bond acceptors (Lipinski definition) is 2. The summed E-state index contributed by atoms with van der Waals surface area (Å²) in [6.45, 7) is 11.1. The molecule has 1 aliphatic rings. The highest BCUT2D eigenvalue weighted by Gasteiger charge is 2.36. The van der Waals surface area contributed by atoms with Gasteiger partial charge in [-0.05, 0) is 52.5 Å². The van der Waals surface area contributed by atoms with E-state index in [2.05, 4.69) is 39.9 Å². The van der Waals surface area contributed by atoms with E-state index in [0.29, 0.717) is 17.6 Å². The second-order valence-electron chi connectivity index (χ2n) is 6.57. The molecule has 0 saturated heterocycles. The Labute approximate surface area is 94.8 Å². The molecule has 0 aromatic rings. The molecule has 0 aromatic carbocycles. The van der Waals surface area contributed by atoms with Gasteiger partial charge < -0.3 is 10.1 Å². The molecule has 2 heteroatoms. The van der Waals surface area contributed by atoms with E-state index in [1.165, 1.54) is 12.8 Å². The molecular formula is C13H27NO. The van der Waals surface area contributed by atoms with Gasteiger partial charge in [0.05, 0.1) is 11.7 Å². The second-order valence-corrected chi connectivity index (χ2v) is 6.57. The second kappa shape index (κ2) is 4.42. The predicted molar refractivity (Wildman–Crippen MR) is 65.1 cm³/mol. The van der Waals surface area contributed by atoms with Gasteiger partial charge in [0, 0.05) is 6.04 Å². The van der Waals surface area contributed by atoms with Gasteiger partial charge in [-0.1, -0.05) is 13.8 Å². The molecule has 1 fully saturated rings. The first kappa shape index (κ1) is 13.0. The Balaban J connectivity index is 2.64. The molecule has 0 bridgehead atoms. The van der Waals surface area contributed by atoms with E-state index in [4.69, 9.17) is 4.74 Å². The average molecular weight is 213 g/mol. The van der Waals surface area contributed by atoms with Crippen LogP contribution in [0.4, 0.5) is 0 Å². The molecule has 2 unspecified atom stereocenters. The molecular weight excluding hydrogens is 186 g/mol. The Kier molecular flexibility index (Phi) is 3.83. The van der Waals surface area contributed by atoms with E-state index in [1.807, 2.05) is 7.05 Å². The topological polar surface area (TPSA) is 21.3 Å². The summed E-state index contributed by atoms with van der Waals surface area (Å²) >= 11 is 0. The highest BCUT2D eigenvalue weighted by molar-refractivity contribution is 4.90. The van der Waals surface area contributed by atoms with Crippen molar-refractivity contribution in [1.29, 1.82) is 0 Å². The maximum absolute atomic E-state index is 6.16.